The maximum Gasteiger partial charge on any atom is 0.342 e. The first-order valence-electron chi connectivity index (χ1n) is 6.29. The number of rotatable bonds is 4. The van der Waals surface area contributed by atoms with Crippen LogP contribution in [0.5, 0.6) is 11.5 Å². The second kappa shape index (κ2) is 6.56. The maximum atomic E-state index is 12.0. The van der Waals surface area contributed by atoms with Gasteiger partial charge < -0.3 is 14.6 Å². The number of carbonyl (C=O) groups is 2. The lowest BCUT2D eigenvalue weighted by atomic mass is 10.2. The van der Waals surface area contributed by atoms with Gasteiger partial charge in [-0.05, 0) is 18.2 Å². The minimum atomic E-state index is -0.630. The van der Waals surface area contributed by atoms with Crippen LogP contribution in [0.15, 0.2) is 48.5 Å². The summed E-state index contributed by atoms with van der Waals surface area (Å²) < 4.78 is 10.1. The van der Waals surface area contributed by atoms with Crippen LogP contribution in [0.2, 0.25) is 0 Å². The molecule has 0 fully saturated rings. The van der Waals surface area contributed by atoms with Gasteiger partial charge >= 0.3 is 11.9 Å². The molecule has 0 spiro atoms. The molecule has 0 amide bonds. The van der Waals surface area contributed by atoms with Gasteiger partial charge in [-0.2, -0.15) is 0 Å². The molecule has 1 N–H and O–H groups in total. The first-order chi connectivity index (χ1) is 10.1. The third-order valence-corrected chi connectivity index (χ3v) is 2.71. The number of hydrogen-bond donors (Lipinski definition) is 1. The molecule has 0 saturated carbocycles. The summed E-state index contributed by atoms with van der Waals surface area (Å²) in [5.74, 6) is -0.947. The molecule has 2 aromatic rings. The van der Waals surface area contributed by atoms with Crippen LogP contribution in [0.1, 0.15) is 22.8 Å². The molecule has 21 heavy (non-hydrogen) atoms. The van der Waals surface area contributed by atoms with Gasteiger partial charge in [-0.25, -0.2) is 4.79 Å². The first-order valence-corrected chi connectivity index (χ1v) is 6.29. The molecule has 108 valence electrons. The Morgan fingerprint density at radius 1 is 1.05 bits per heavy atom. The number of phenols is 1. The molecule has 0 radical (unpaired) electrons. The van der Waals surface area contributed by atoms with Crippen LogP contribution in [0, 0.1) is 0 Å². The Kier molecular flexibility index (Phi) is 4.56. The van der Waals surface area contributed by atoms with Crippen molar-refractivity contribution < 1.29 is 24.2 Å². The van der Waals surface area contributed by atoms with Crippen LogP contribution >= 0.6 is 0 Å². The van der Waals surface area contributed by atoms with Crippen molar-refractivity contribution in [1.82, 2.24) is 0 Å². The topological polar surface area (TPSA) is 72.8 Å². The highest BCUT2D eigenvalue weighted by atomic mass is 16.5. The molecule has 2 rings (SSSR count). The smallest absolute Gasteiger partial charge is 0.342 e. The highest BCUT2D eigenvalue weighted by molar-refractivity contribution is 5.93. The van der Waals surface area contributed by atoms with Crippen molar-refractivity contribution in [1.29, 1.82) is 0 Å². The zero-order valence-corrected chi connectivity index (χ0v) is 11.4. The van der Waals surface area contributed by atoms with Gasteiger partial charge in [-0.1, -0.05) is 30.3 Å². The van der Waals surface area contributed by atoms with E-state index in [0.717, 1.165) is 0 Å². The second-order valence-corrected chi connectivity index (χ2v) is 4.29. The van der Waals surface area contributed by atoms with Gasteiger partial charge in [0.2, 0.25) is 0 Å². The Balaban J connectivity index is 2.10. The van der Waals surface area contributed by atoms with Gasteiger partial charge in [0, 0.05) is 12.5 Å². The number of aromatic hydroxyl groups is 1. The minimum Gasteiger partial charge on any atom is -0.508 e. The molecule has 0 bridgehead atoms. The molecule has 5 heteroatoms. The van der Waals surface area contributed by atoms with Crippen LogP contribution in [-0.4, -0.2) is 17.0 Å². The van der Waals surface area contributed by atoms with Gasteiger partial charge in [0.1, 0.15) is 23.7 Å². The zero-order chi connectivity index (χ0) is 15.2. The monoisotopic (exact) mass is 286 g/mol. The van der Waals surface area contributed by atoms with Gasteiger partial charge in [0.25, 0.3) is 0 Å². The molecule has 5 nitrogen and oxygen atoms in total. The van der Waals surface area contributed by atoms with Crippen molar-refractivity contribution in [2.45, 2.75) is 13.5 Å². The van der Waals surface area contributed by atoms with Gasteiger partial charge in [0.15, 0.2) is 0 Å². The van der Waals surface area contributed by atoms with E-state index in [1.165, 1.54) is 25.1 Å². The lowest BCUT2D eigenvalue weighted by molar-refractivity contribution is -0.131. The predicted molar refractivity (Wildman–Crippen MR) is 75.0 cm³/mol. The van der Waals surface area contributed by atoms with Crippen LogP contribution in [-0.2, 0) is 16.1 Å². The maximum absolute atomic E-state index is 12.0. The molecular formula is C16H14O5. The average molecular weight is 286 g/mol. The highest BCUT2D eigenvalue weighted by Crippen LogP contribution is 2.21. The molecule has 0 aliphatic rings. The van der Waals surface area contributed by atoms with Crippen molar-refractivity contribution in [3.8, 4) is 11.5 Å². The number of benzene rings is 2. The van der Waals surface area contributed by atoms with E-state index in [1.807, 2.05) is 0 Å². The number of esters is 2. The predicted octanol–water partition coefficient (Wildman–Crippen LogP) is 2.67. The lowest BCUT2D eigenvalue weighted by Crippen LogP contribution is -2.10. The van der Waals surface area contributed by atoms with E-state index in [0.29, 0.717) is 5.56 Å². The number of ether oxygens (including phenoxy) is 2. The molecule has 0 aliphatic heterocycles. The molecule has 0 atom stereocenters. The summed E-state index contributed by atoms with van der Waals surface area (Å²) in [4.78, 5) is 23.0. The van der Waals surface area contributed by atoms with E-state index in [1.54, 1.807) is 30.3 Å². The van der Waals surface area contributed by atoms with Crippen LogP contribution in [0.25, 0.3) is 0 Å². The summed E-state index contributed by atoms with van der Waals surface area (Å²) >= 11 is 0. The van der Waals surface area contributed by atoms with Crippen molar-refractivity contribution in [3.63, 3.8) is 0 Å². The molecule has 0 unspecified atom stereocenters. The van der Waals surface area contributed by atoms with E-state index in [-0.39, 0.29) is 23.7 Å². The summed E-state index contributed by atoms with van der Waals surface area (Å²) in [7, 11) is 0. The van der Waals surface area contributed by atoms with Crippen molar-refractivity contribution >= 4 is 11.9 Å². The average Bonchev–Trinajstić information content (AvgIpc) is 2.46. The van der Waals surface area contributed by atoms with Crippen molar-refractivity contribution in [2.75, 3.05) is 0 Å². The summed E-state index contributed by atoms with van der Waals surface area (Å²) in [6.07, 6.45) is 0. The Bertz CT molecular complexity index is 663. The van der Waals surface area contributed by atoms with Gasteiger partial charge in [-0.15, -0.1) is 0 Å². The van der Waals surface area contributed by atoms with Crippen LogP contribution in [0.4, 0.5) is 0 Å². The van der Waals surface area contributed by atoms with E-state index >= 15 is 0 Å². The summed E-state index contributed by atoms with van der Waals surface area (Å²) in [5, 5.41) is 9.61. The fourth-order valence-corrected chi connectivity index (χ4v) is 1.73. The molecule has 0 heterocycles. The fourth-order valence-electron chi connectivity index (χ4n) is 1.73. The molecule has 0 aliphatic carbocycles. The molecular weight excluding hydrogens is 272 g/mol. The normalized spacial score (nSPS) is 9.95. The van der Waals surface area contributed by atoms with E-state index in [9.17, 15) is 14.7 Å². The Morgan fingerprint density at radius 3 is 2.43 bits per heavy atom. The second-order valence-electron chi connectivity index (χ2n) is 4.29. The third-order valence-electron chi connectivity index (χ3n) is 2.71. The van der Waals surface area contributed by atoms with E-state index in [4.69, 9.17) is 9.47 Å². The number of carbonyl (C=O) groups excluding carboxylic acids is 2. The molecule has 0 saturated heterocycles. The quantitative estimate of drug-likeness (QED) is 0.691. The van der Waals surface area contributed by atoms with Crippen molar-refractivity contribution in [3.05, 3.63) is 59.7 Å². The molecule has 0 aromatic heterocycles. The Labute approximate surface area is 121 Å². The lowest BCUT2D eigenvalue weighted by Gasteiger charge is -2.09. The highest BCUT2D eigenvalue weighted by Gasteiger charge is 2.15. The Hall–Kier alpha value is -2.82. The van der Waals surface area contributed by atoms with E-state index < -0.39 is 11.9 Å². The number of phenolic OH excluding ortho intramolecular Hbond substituents is 1. The SMILES string of the molecule is CC(=O)Oc1ccccc1C(=O)OCc1ccccc1O. The van der Waals surface area contributed by atoms with Crippen molar-refractivity contribution in [2.24, 2.45) is 0 Å². The summed E-state index contributed by atoms with van der Waals surface area (Å²) in [6, 6.07) is 12.9. The van der Waals surface area contributed by atoms with Gasteiger partial charge in [-0.3, -0.25) is 4.79 Å². The van der Waals surface area contributed by atoms with Crippen LogP contribution in [0.3, 0.4) is 0 Å². The minimum absolute atomic E-state index is 0.0542. The number of hydrogen-bond acceptors (Lipinski definition) is 5. The van der Waals surface area contributed by atoms with Gasteiger partial charge in [0.05, 0.1) is 0 Å². The zero-order valence-electron chi connectivity index (χ0n) is 11.4. The number of para-hydroxylation sites is 2. The fraction of sp³-hybridized carbons (Fsp3) is 0.125. The first kappa shape index (κ1) is 14.6. The largest absolute Gasteiger partial charge is 0.508 e. The third kappa shape index (κ3) is 3.82. The Morgan fingerprint density at radius 2 is 1.71 bits per heavy atom. The molecule has 2 aromatic carbocycles. The summed E-state index contributed by atoms with van der Waals surface area (Å²) in [5.41, 5.74) is 0.652. The summed E-state index contributed by atoms with van der Waals surface area (Å²) in [6.45, 7) is 1.18. The standard InChI is InChI=1S/C16H14O5/c1-11(17)21-15-9-5-3-7-13(15)16(19)20-10-12-6-2-4-8-14(12)18/h2-9,18H,10H2,1H3. The van der Waals surface area contributed by atoms with E-state index in [2.05, 4.69) is 0 Å². The van der Waals surface area contributed by atoms with Crippen LogP contribution < -0.4 is 4.74 Å².